The molecule has 0 bridgehead atoms. The molecule has 0 aromatic carbocycles. The summed E-state index contributed by atoms with van der Waals surface area (Å²) in [5.41, 5.74) is 5.36. The molecule has 0 saturated heterocycles. The summed E-state index contributed by atoms with van der Waals surface area (Å²) in [7, 11) is 0. The van der Waals surface area contributed by atoms with Crippen molar-refractivity contribution in [3.8, 4) is 28.0 Å². The maximum absolute atomic E-state index is 9.60. The van der Waals surface area contributed by atoms with Gasteiger partial charge in [0.15, 0.2) is 5.01 Å². The Bertz CT molecular complexity index is 1470. The summed E-state index contributed by atoms with van der Waals surface area (Å²) in [5.74, 6) is 0.505. The third-order valence-electron chi connectivity index (χ3n) is 4.82. The zero-order chi connectivity index (χ0) is 21.9. The topological polar surface area (TPSA) is 113 Å². The summed E-state index contributed by atoms with van der Waals surface area (Å²) in [6, 6.07) is 13.7. The molecule has 0 amide bonds. The molecule has 0 radical (unpaired) electrons. The Kier molecular flexibility index (Phi) is 5.19. The molecule has 0 fully saturated rings. The van der Waals surface area contributed by atoms with E-state index in [9.17, 15) is 5.26 Å². The Morgan fingerprint density at radius 1 is 1.03 bits per heavy atom. The molecule has 9 heteroatoms. The van der Waals surface area contributed by atoms with Gasteiger partial charge in [-0.15, -0.1) is 0 Å². The number of nitrogens with one attached hydrogen (secondary N) is 1. The number of aromatic nitrogens is 6. The van der Waals surface area contributed by atoms with Crippen LogP contribution in [0.4, 0.5) is 5.95 Å². The molecule has 8 nitrogen and oxygen atoms in total. The van der Waals surface area contributed by atoms with Gasteiger partial charge in [-0.3, -0.25) is 19.9 Å². The Morgan fingerprint density at radius 2 is 1.97 bits per heavy atom. The van der Waals surface area contributed by atoms with E-state index in [-0.39, 0.29) is 0 Å². The third kappa shape index (κ3) is 3.99. The molecule has 5 heterocycles. The molecule has 1 N–H and O–H groups in total. The number of rotatable bonds is 5. The van der Waals surface area contributed by atoms with E-state index in [1.54, 1.807) is 24.8 Å². The van der Waals surface area contributed by atoms with Crippen LogP contribution in [0.1, 0.15) is 16.8 Å². The number of anilines is 1. The van der Waals surface area contributed by atoms with Gasteiger partial charge in [0.2, 0.25) is 5.95 Å². The average molecular weight is 437 g/mol. The molecule has 32 heavy (non-hydrogen) atoms. The highest BCUT2D eigenvalue weighted by Crippen LogP contribution is 2.25. The van der Waals surface area contributed by atoms with Crippen molar-refractivity contribution < 1.29 is 0 Å². The van der Waals surface area contributed by atoms with Crippen LogP contribution in [-0.2, 0) is 6.54 Å². The number of aryl methyl sites for hydroxylation is 1. The van der Waals surface area contributed by atoms with E-state index in [0.29, 0.717) is 23.8 Å². The van der Waals surface area contributed by atoms with Crippen LogP contribution in [0.5, 0.6) is 0 Å². The fourth-order valence-corrected chi connectivity index (χ4v) is 3.90. The smallest absolute Gasteiger partial charge is 0.235 e. The molecule has 0 atom stereocenters. The molecule has 0 unspecified atom stereocenters. The summed E-state index contributed by atoms with van der Waals surface area (Å²) in [5, 5.41) is 14.5. The highest BCUT2D eigenvalue weighted by molar-refractivity contribution is 7.09. The predicted molar refractivity (Wildman–Crippen MR) is 123 cm³/mol. The van der Waals surface area contributed by atoms with Crippen LogP contribution in [0, 0.1) is 18.3 Å². The highest BCUT2D eigenvalue weighted by atomic mass is 32.1. The van der Waals surface area contributed by atoms with Gasteiger partial charge in [0.1, 0.15) is 11.8 Å². The van der Waals surface area contributed by atoms with Crippen LogP contribution in [0.15, 0.2) is 61.2 Å². The van der Waals surface area contributed by atoms with E-state index >= 15 is 0 Å². The number of fused-ring (bicyclic) bond motifs is 1. The SMILES string of the molecule is Cc1cc(-c2ncc(CNc3nsc(-c4cc5cccnc5cn4)n3)cc2C#N)ccn1. The minimum atomic E-state index is 0.447. The van der Waals surface area contributed by atoms with Crippen LogP contribution in [0.3, 0.4) is 0 Å². The number of nitrogens with zero attached hydrogens (tertiary/aromatic N) is 7. The Labute approximate surface area is 187 Å². The van der Waals surface area contributed by atoms with Gasteiger partial charge in [0, 0.05) is 41.8 Å². The Morgan fingerprint density at radius 3 is 2.84 bits per heavy atom. The summed E-state index contributed by atoms with van der Waals surface area (Å²) in [4.78, 5) is 22.0. The zero-order valence-corrected chi connectivity index (χ0v) is 17.8. The second-order valence-corrected chi connectivity index (χ2v) is 7.83. The van der Waals surface area contributed by atoms with Crippen molar-refractivity contribution >= 4 is 28.4 Å². The first-order chi connectivity index (χ1) is 15.7. The molecule has 0 spiro atoms. The minimum absolute atomic E-state index is 0.447. The fourth-order valence-electron chi connectivity index (χ4n) is 3.29. The molecule has 5 rings (SSSR count). The van der Waals surface area contributed by atoms with Gasteiger partial charge in [-0.25, -0.2) is 0 Å². The average Bonchev–Trinajstić information content (AvgIpc) is 3.31. The standard InChI is InChI=1S/C23H16N8S/c1-14-7-17(4-6-25-14)21-18(10-24)8-15(11-28-21)12-29-23-30-22(32-31-23)19-9-16-3-2-5-26-20(16)13-27-19/h2-9,11,13H,12H2,1H3,(H,29,31). The monoisotopic (exact) mass is 436 g/mol. The molecule has 0 aliphatic carbocycles. The Hall–Kier alpha value is -4.29. The molecule has 5 aromatic rings. The largest absolute Gasteiger partial charge is 0.349 e. The first kappa shape index (κ1) is 19.7. The van der Waals surface area contributed by atoms with Crippen LogP contribution in [0.25, 0.3) is 32.9 Å². The Balaban J connectivity index is 1.33. The van der Waals surface area contributed by atoms with Crippen molar-refractivity contribution in [1.29, 1.82) is 5.26 Å². The van der Waals surface area contributed by atoms with Crippen LogP contribution < -0.4 is 5.32 Å². The van der Waals surface area contributed by atoms with Gasteiger partial charge < -0.3 is 5.32 Å². The highest BCUT2D eigenvalue weighted by Gasteiger charge is 2.11. The van der Waals surface area contributed by atoms with E-state index in [1.165, 1.54) is 11.5 Å². The summed E-state index contributed by atoms with van der Waals surface area (Å²) >= 11 is 1.27. The van der Waals surface area contributed by atoms with E-state index in [4.69, 9.17) is 0 Å². The number of nitriles is 1. The molecule has 0 aliphatic heterocycles. The van der Waals surface area contributed by atoms with Gasteiger partial charge in [-0.05, 0) is 54.4 Å². The first-order valence-corrected chi connectivity index (χ1v) is 10.6. The summed E-state index contributed by atoms with van der Waals surface area (Å²) < 4.78 is 4.38. The molecule has 0 saturated carbocycles. The lowest BCUT2D eigenvalue weighted by Crippen LogP contribution is -2.03. The lowest BCUT2D eigenvalue weighted by atomic mass is 10.1. The van der Waals surface area contributed by atoms with Crippen molar-refractivity contribution in [3.63, 3.8) is 0 Å². The van der Waals surface area contributed by atoms with Crippen molar-refractivity contribution in [2.24, 2.45) is 0 Å². The quantitative estimate of drug-likeness (QED) is 0.431. The van der Waals surface area contributed by atoms with Gasteiger partial charge >= 0.3 is 0 Å². The molecule has 0 aliphatic rings. The summed E-state index contributed by atoms with van der Waals surface area (Å²) in [6.45, 7) is 2.36. The first-order valence-electron chi connectivity index (χ1n) is 9.80. The lowest BCUT2D eigenvalue weighted by molar-refractivity contribution is 1.07. The van der Waals surface area contributed by atoms with Crippen molar-refractivity contribution in [2.75, 3.05) is 5.32 Å². The van der Waals surface area contributed by atoms with Crippen molar-refractivity contribution in [3.05, 3.63) is 78.0 Å². The number of pyridine rings is 4. The second kappa shape index (κ2) is 8.45. The second-order valence-electron chi connectivity index (χ2n) is 7.08. The molecular weight excluding hydrogens is 420 g/mol. The van der Waals surface area contributed by atoms with Crippen LogP contribution >= 0.6 is 11.5 Å². The van der Waals surface area contributed by atoms with Crippen LogP contribution in [-0.4, -0.2) is 29.3 Å². The lowest BCUT2D eigenvalue weighted by Gasteiger charge is -2.07. The van der Waals surface area contributed by atoms with Gasteiger partial charge in [0.25, 0.3) is 0 Å². The number of hydrogen-bond acceptors (Lipinski definition) is 9. The van der Waals surface area contributed by atoms with Crippen molar-refractivity contribution in [2.45, 2.75) is 13.5 Å². The van der Waals surface area contributed by atoms with Gasteiger partial charge in [-0.2, -0.15) is 14.6 Å². The van der Waals surface area contributed by atoms with E-state index in [1.807, 2.05) is 43.3 Å². The van der Waals surface area contributed by atoms with E-state index in [0.717, 1.165) is 38.4 Å². The normalized spacial score (nSPS) is 10.8. The van der Waals surface area contributed by atoms with E-state index in [2.05, 4.69) is 40.7 Å². The molecular formula is C23H16N8S. The van der Waals surface area contributed by atoms with Gasteiger partial charge in [0.05, 0.1) is 23.0 Å². The summed E-state index contributed by atoms with van der Waals surface area (Å²) in [6.07, 6.45) is 6.95. The predicted octanol–water partition coefficient (Wildman–Crippen LogP) is 4.40. The third-order valence-corrected chi connectivity index (χ3v) is 5.56. The zero-order valence-electron chi connectivity index (χ0n) is 17.0. The van der Waals surface area contributed by atoms with Crippen molar-refractivity contribution in [1.82, 2.24) is 29.3 Å². The minimum Gasteiger partial charge on any atom is -0.349 e. The van der Waals surface area contributed by atoms with Gasteiger partial charge in [-0.1, -0.05) is 6.07 Å². The maximum Gasteiger partial charge on any atom is 0.235 e. The molecule has 5 aromatic heterocycles. The number of hydrogen-bond donors (Lipinski definition) is 1. The molecule has 154 valence electrons. The fraction of sp³-hybridized carbons (Fsp3) is 0.0870. The maximum atomic E-state index is 9.60. The van der Waals surface area contributed by atoms with E-state index < -0.39 is 0 Å². The van der Waals surface area contributed by atoms with Crippen LogP contribution in [0.2, 0.25) is 0 Å².